The first-order chi connectivity index (χ1) is 15.5. The van der Waals surface area contributed by atoms with E-state index in [1.807, 2.05) is 24.1 Å². The van der Waals surface area contributed by atoms with Crippen LogP contribution in [0.25, 0.3) is 0 Å². The lowest BCUT2D eigenvalue weighted by atomic mass is 9.78. The largest absolute Gasteiger partial charge is 0.378 e. The second-order valence-electron chi connectivity index (χ2n) is 9.11. The van der Waals surface area contributed by atoms with E-state index in [-0.39, 0.29) is 18.6 Å². The minimum atomic E-state index is -0.800. The fourth-order valence-electron chi connectivity index (χ4n) is 5.07. The molecule has 2 aromatic carbocycles. The first kappa shape index (κ1) is 21.0. The Hall–Kier alpha value is -2.90. The van der Waals surface area contributed by atoms with Crippen LogP contribution in [0.1, 0.15) is 23.1 Å². The Morgan fingerprint density at radius 3 is 2.50 bits per heavy atom. The number of carbonyl (C=O) groups is 2. The zero-order valence-electron chi connectivity index (χ0n) is 18.5. The lowest BCUT2D eigenvalue weighted by Crippen LogP contribution is -2.51. The summed E-state index contributed by atoms with van der Waals surface area (Å²) in [5.41, 5.74) is 3.98. The molecule has 7 heteroatoms. The molecular weight excluding hydrogens is 404 g/mol. The van der Waals surface area contributed by atoms with E-state index in [9.17, 15) is 9.59 Å². The second kappa shape index (κ2) is 8.56. The SMILES string of the molecule is CN(Cc1ccc(N2CCOCC2)cc1)CN1C(=O)NC2(CCc3ccccc3C2)C1=O. The molecule has 5 rings (SSSR count). The normalized spacial score (nSPS) is 23.1. The summed E-state index contributed by atoms with van der Waals surface area (Å²) in [5.74, 6) is -0.105. The molecule has 2 fully saturated rings. The van der Waals surface area contributed by atoms with Crippen LogP contribution in [0.15, 0.2) is 48.5 Å². The Morgan fingerprint density at radius 2 is 1.75 bits per heavy atom. The van der Waals surface area contributed by atoms with Gasteiger partial charge < -0.3 is 15.0 Å². The van der Waals surface area contributed by atoms with Crippen molar-refractivity contribution >= 4 is 17.6 Å². The highest BCUT2D eigenvalue weighted by Gasteiger charge is 2.52. The molecule has 0 radical (unpaired) electrons. The van der Waals surface area contributed by atoms with Gasteiger partial charge in [0.2, 0.25) is 0 Å². The van der Waals surface area contributed by atoms with Crippen molar-refractivity contribution in [2.75, 3.05) is 44.9 Å². The molecule has 0 aromatic heterocycles. The number of benzene rings is 2. The summed E-state index contributed by atoms with van der Waals surface area (Å²) in [6, 6.07) is 16.4. The van der Waals surface area contributed by atoms with E-state index in [2.05, 4.69) is 46.6 Å². The summed E-state index contributed by atoms with van der Waals surface area (Å²) < 4.78 is 5.42. The maximum Gasteiger partial charge on any atom is 0.326 e. The molecule has 2 saturated heterocycles. The molecule has 1 atom stereocenters. The number of rotatable bonds is 5. The van der Waals surface area contributed by atoms with Crippen molar-refractivity contribution in [3.8, 4) is 0 Å². The highest BCUT2D eigenvalue weighted by Crippen LogP contribution is 2.33. The molecule has 32 heavy (non-hydrogen) atoms. The molecule has 3 aliphatic rings. The average molecular weight is 435 g/mol. The number of urea groups is 1. The van der Waals surface area contributed by atoms with Gasteiger partial charge in [0.25, 0.3) is 5.91 Å². The first-order valence-corrected chi connectivity index (χ1v) is 11.4. The first-order valence-electron chi connectivity index (χ1n) is 11.4. The van der Waals surface area contributed by atoms with Crippen LogP contribution < -0.4 is 10.2 Å². The Morgan fingerprint density at radius 1 is 1.03 bits per heavy atom. The fraction of sp³-hybridized carbons (Fsp3) is 0.440. The number of amides is 3. The molecule has 7 nitrogen and oxygen atoms in total. The van der Waals surface area contributed by atoms with Crippen LogP contribution in [-0.2, 0) is 28.9 Å². The van der Waals surface area contributed by atoms with Crippen molar-refractivity contribution < 1.29 is 14.3 Å². The van der Waals surface area contributed by atoms with Gasteiger partial charge in [0.1, 0.15) is 5.54 Å². The van der Waals surface area contributed by atoms with E-state index in [4.69, 9.17) is 4.74 Å². The predicted octanol–water partition coefficient (Wildman–Crippen LogP) is 2.39. The van der Waals surface area contributed by atoms with Crippen LogP contribution >= 0.6 is 0 Å². The number of hydrogen-bond acceptors (Lipinski definition) is 5. The molecule has 0 saturated carbocycles. The van der Waals surface area contributed by atoms with Crippen LogP contribution in [-0.4, -0.2) is 67.3 Å². The summed E-state index contributed by atoms with van der Waals surface area (Å²) in [6.45, 7) is 4.30. The van der Waals surface area contributed by atoms with Crippen molar-refractivity contribution in [2.24, 2.45) is 0 Å². The van der Waals surface area contributed by atoms with Gasteiger partial charge in [-0.25, -0.2) is 9.69 Å². The standard InChI is InChI=1S/C25H30N4O3/c1-27(17-19-6-8-22(9-7-19)28-12-14-32-15-13-28)18-29-23(30)25(26-24(29)31)11-10-20-4-2-3-5-21(20)16-25/h2-9H,10-18H2,1H3,(H,26,31). The minimum Gasteiger partial charge on any atom is -0.378 e. The summed E-state index contributed by atoms with van der Waals surface area (Å²) >= 11 is 0. The van der Waals surface area contributed by atoms with E-state index >= 15 is 0 Å². The molecule has 1 N–H and O–H groups in total. The van der Waals surface area contributed by atoms with Gasteiger partial charge in [-0.2, -0.15) is 0 Å². The van der Waals surface area contributed by atoms with Crippen molar-refractivity contribution in [3.63, 3.8) is 0 Å². The lowest BCUT2D eigenvalue weighted by molar-refractivity contribution is -0.133. The summed E-state index contributed by atoms with van der Waals surface area (Å²) in [5, 5.41) is 3.02. The van der Waals surface area contributed by atoms with Crippen LogP contribution in [0.2, 0.25) is 0 Å². The van der Waals surface area contributed by atoms with Crippen molar-refractivity contribution in [2.45, 2.75) is 31.3 Å². The third-order valence-electron chi connectivity index (χ3n) is 6.83. The number of nitrogens with zero attached hydrogens (tertiary/aromatic N) is 3. The van der Waals surface area contributed by atoms with E-state index in [1.54, 1.807) is 0 Å². The molecular formula is C25H30N4O3. The van der Waals surface area contributed by atoms with Crippen LogP contribution in [0.4, 0.5) is 10.5 Å². The third-order valence-corrected chi connectivity index (χ3v) is 6.83. The van der Waals surface area contributed by atoms with Crippen LogP contribution in [0.5, 0.6) is 0 Å². The second-order valence-corrected chi connectivity index (χ2v) is 9.11. The van der Waals surface area contributed by atoms with Gasteiger partial charge in [0, 0.05) is 31.7 Å². The van der Waals surface area contributed by atoms with E-state index in [1.165, 1.54) is 16.2 Å². The smallest absolute Gasteiger partial charge is 0.326 e. The van der Waals surface area contributed by atoms with Crippen molar-refractivity contribution in [1.82, 2.24) is 15.1 Å². The van der Waals surface area contributed by atoms with Gasteiger partial charge in [-0.15, -0.1) is 0 Å². The molecule has 1 aliphatic carbocycles. The number of carbonyl (C=O) groups excluding carboxylic acids is 2. The molecule has 2 heterocycles. The van der Waals surface area contributed by atoms with Gasteiger partial charge in [0.05, 0.1) is 19.9 Å². The number of ether oxygens (including phenoxy) is 1. The number of hydrogen-bond donors (Lipinski definition) is 1. The van der Waals surface area contributed by atoms with Gasteiger partial charge >= 0.3 is 6.03 Å². The Labute approximate surface area is 188 Å². The topological polar surface area (TPSA) is 65.1 Å². The van der Waals surface area contributed by atoms with Crippen LogP contribution in [0, 0.1) is 0 Å². The maximum atomic E-state index is 13.3. The number of fused-ring (bicyclic) bond motifs is 1. The zero-order valence-corrected chi connectivity index (χ0v) is 18.5. The van der Waals surface area contributed by atoms with Crippen LogP contribution in [0.3, 0.4) is 0 Å². The number of aryl methyl sites for hydroxylation is 1. The Balaban J connectivity index is 1.21. The number of anilines is 1. The maximum absolute atomic E-state index is 13.3. The summed E-state index contributed by atoms with van der Waals surface area (Å²) in [6.07, 6.45) is 2.02. The van der Waals surface area contributed by atoms with E-state index in [0.29, 0.717) is 19.4 Å². The quantitative estimate of drug-likeness (QED) is 0.732. The van der Waals surface area contributed by atoms with Crippen molar-refractivity contribution in [3.05, 3.63) is 65.2 Å². The number of nitrogens with one attached hydrogen (secondary N) is 1. The minimum absolute atomic E-state index is 0.105. The monoisotopic (exact) mass is 434 g/mol. The molecule has 168 valence electrons. The number of imide groups is 1. The fourth-order valence-corrected chi connectivity index (χ4v) is 5.07. The zero-order chi connectivity index (χ0) is 22.1. The van der Waals surface area contributed by atoms with E-state index in [0.717, 1.165) is 43.9 Å². The molecule has 2 aliphatic heterocycles. The molecule has 1 spiro atoms. The van der Waals surface area contributed by atoms with Gasteiger partial charge in [0.15, 0.2) is 0 Å². The van der Waals surface area contributed by atoms with Gasteiger partial charge in [-0.3, -0.25) is 9.69 Å². The summed E-state index contributed by atoms with van der Waals surface area (Å²) in [4.78, 5) is 31.7. The molecule has 3 amide bonds. The summed E-state index contributed by atoms with van der Waals surface area (Å²) in [7, 11) is 1.94. The molecule has 1 unspecified atom stereocenters. The Bertz CT molecular complexity index is 1000. The third kappa shape index (κ3) is 3.98. The average Bonchev–Trinajstić information content (AvgIpc) is 3.04. The Kier molecular flexibility index (Phi) is 5.61. The predicted molar refractivity (Wildman–Crippen MR) is 122 cm³/mol. The lowest BCUT2D eigenvalue weighted by Gasteiger charge is -2.32. The molecule has 0 bridgehead atoms. The highest BCUT2D eigenvalue weighted by atomic mass is 16.5. The van der Waals surface area contributed by atoms with Gasteiger partial charge in [-0.05, 0) is 48.7 Å². The number of morpholine rings is 1. The van der Waals surface area contributed by atoms with E-state index < -0.39 is 5.54 Å². The van der Waals surface area contributed by atoms with Crippen molar-refractivity contribution in [1.29, 1.82) is 0 Å². The van der Waals surface area contributed by atoms with Gasteiger partial charge in [-0.1, -0.05) is 36.4 Å². The molecule has 2 aromatic rings. The highest BCUT2D eigenvalue weighted by molar-refractivity contribution is 6.07.